The Kier molecular flexibility index (Phi) is 3.89. The minimum absolute atomic E-state index is 0.0107. The first-order valence-corrected chi connectivity index (χ1v) is 7.40. The monoisotopic (exact) mass is 313 g/mol. The summed E-state index contributed by atoms with van der Waals surface area (Å²) in [7, 11) is -4.43. The third kappa shape index (κ3) is 3.22. The first kappa shape index (κ1) is 14.6. The zero-order valence-corrected chi connectivity index (χ0v) is 12.1. The normalized spacial score (nSPS) is 11.3. The van der Waals surface area contributed by atoms with Crippen LogP contribution in [0.5, 0.6) is 11.5 Å². The first-order chi connectivity index (χ1) is 9.27. The Hall–Kier alpha value is -1.76. The Morgan fingerprint density at radius 2 is 1.90 bits per heavy atom. The minimum Gasteiger partial charge on any atom is -0.456 e. The van der Waals surface area contributed by atoms with Gasteiger partial charge in [0.1, 0.15) is 16.4 Å². The van der Waals surface area contributed by atoms with Crippen molar-refractivity contribution < 1.29 is 17.7 Å². The highest BCUT2D eigenvalue weighted by Crippen LogP contribution is 2.31. The Labute approximate surface area is 121 Å². The van der Waals surface area contributed by atoms with Crippen LogP contribution in [0.25, 0.3) is 0 Å². The number of rotatable bonds is 3. The van der Waals surface area contributed by atoms with Crippen molar-refractivity contribution in [3.8, 4) is 11.5 Å². The molecule has 0 spiro atoms. The van der Waals surface area contributed by atoms with E-state index >= 15 is 0 Å². The summed E-state index contributed by atoms with van der Waals surface area (Å²) in [5.74, 6) is 0.394. The number of aryl methyl sites for hydroxylation is 1. The molecule has 2 rings (SSSR count). The molecule has 0 heterocycles. The van der Waals surface area contributed by atoms with Crippen molar-refractivity contribution in [1.29, 1.82) is 0 Å². The van der Waals surface area contributed by atoms with Crippen molar-refractivity contribution in [2.24, 2.45) is 0 Å². The fourth-order valence-corrected chi connectivity index (χ4v) is 2.38. The Morgan fingerprint density at radius 3 is 2.50 bits per heavy atom. The molecule has 0 saturated heterocycles. The van der Waals surface area contributed by atoms with Gasteiger partial charge in [0.2, 0.25) is 0 Å². The van der Waals surface area contributed by atoms with Crippen LogP contribution in [0.3, 0.4) is 0 Å². The van der Waals surface area contributed by atoms with Gasteiger partial charge in [0.05, 0.1) is 0 Å². The van der Waals surface area contributed by atoms with Gasteiger partial charge < -0.3 is 10.5 Å². The van der Waals surface area contributed by atoms with Crippen molar-refractivity contribution in [2.45, 2.75) is 11.8 Å². The quantitative estimate of drug-likeness (QED) is 0.670. The van der Waals surface area contributed by atoms with Gasteiger partial charge in [0.15, 0.2) is 0 Å². The molecule has 0 atom stereocenters. The number of hydrogen-bond donors (Lipinski definition) is 2. The second-order valence-electron chi connectivity index (χ2n) is 4.19. The number of hydrogen-bond acceptors (Lipinski definition) is 4. The molecule has 0 bridgehead atoms. The molecule has 0 unspecified atom stereocenters. The molecule has 20 heavy (non-hydrogen) atoms. The van der Waals surface area contributed by atoms with Gasteiger partial charge in [-0.15, -0.1) is 0 Å². The summed E-state index contributed by atoms with van der Waals surface area (Å²) in [5, 5.41) is 0.574. The second kappa shape index (κ2) is 5.32. The molecule has 0 fully saturated rings. The first-order valence-electron chi connectivity index (χ1n) is 5.58. The van der Waals surface area contributed by atoms with Crippen LogP contribution >= 0.6 is 11.6 Å². The van der Waals surface area contributed by atoms with Gasteiger partial charge in [-0.3, -0.25) is 4.55 Å². The Bertz CT molecular complexity index is 759. The summed E-state index contributed by atoms with van der Waals surface area (Å²) in [6.45, 7) is 1.79. The lowest BCUT2D eigenvalue weighted by molar-refractivity contribution is 0.450. The van der Waals surface area contributed by atoms with Crippen LogP contribution in [0.4, 0.5) is 5.69 Å². The molecule has 0 radical (unpaired) electrons. The van der Waals surface area contributed by atoms with E-state index in [1.165, 1.54) is 12.1 Å². The fraction of sp³-hybridized carbons (Fsp3) is 0.0769. The zero-order chi connectivity index (χ0) is 14.9. The molecule has 2 aromatic carbocycles. The lowest BCUT2D eigenvalue weighted by Gasteiger charge is -2.11. The van der Waals surface area contributed by atoms with Gasteiger partial charge in [-0.1, -0.05) is 11.6 Å². The van der Waals surface area contributed by atoms with Crippen molar-refractivity contribution in [3.05, 3.63) is 47.0 Å². The smallest absolute Gasteiger partial charge is 0.298 e. The molecule has 2 aromatic rings. The van der Waals surface area contributed by atoms with Crippen LogP contribution in [-0.2, 0) is 10.1 Å². The summed E-state index contributed by atoms with van der Waals surface area (Å²) in [4.78, 5) is -0.384. The van der Waals surface area contributed by atoms with E-state index in [-0.39, 0.29) is 16.3 Å². The third-order valence-electron chi connectivity index (χ3n) is 2.60. The molecule has 106 valence electrons. The minimum atomic E-state index is -4.43. The average molecular weight is 314 g/mol. The van der Waals surface area contributed by atoms with Crippen LogP contribution < -0.4 is 10.5 Å². The van der Waals surface area contributed by atoms with E-state index in [2.05, 4.69) is 0 Å². The molecule has 0 saturated carbocycles. The summed E-state index contributed by atoms with van der Waals surface area (Å²) in [6, 6.07) is 8.88. The maximum atomic E-state index is 11.3. The molecular formula is C13H12ClNO4S. The lowest BCUT2D eigenvalue weighted by Crippen LogP contribution is -2.02. The van der Waals surface area contributed by atoms with Gasteiger partial charge in [-0.25, -0.2) is 0 Å². The van der Waals surface area contributed by atoms with Gasteiger partial charge in [-0.2, -0.15) is 8.42 Å². The summed E-state index contributed by atoms with van der Waals surface area (Å²) < 4.78 is 37.3. The number of halogens is 1. The number of nitrogen functional groups attached to an aromatic ring is 1. The Balaban J connectivity index is 2.46. The van der Waals surface area contributed by atoms with E-state index in [1.807, 2.05) is 0 Å². The van der Waals surface area contributed by atoms with Crippen LogP contribution in [0.2, 0.25) is 5.02 Å². The molecule has 5 nitrogen and oxygen atoms in total. The van der Waals surface area contributed by atoms with E-state index in [0.717, 1.165) is 11.6 Å². The summed E-state index contributed by atoms with van der Waals surface area (Å²) in [5.41, 5.74) is 6.50. The maximum Gasteiger partial charge on any atom is 0.298 e. The maximum absolute atomic E-state index is 11.3. The van der Waals surface area contributed by atoms with Gasteiger partial charge >= 0.3 is 0 Å². The van der Waals surface area contributed by atoms with E-state index in [9.17, 15) is 13.0 Å². The molecule has 3 N–H and O–H groups in total. The predicted molar refractivity (Wildman–Crippen MR) is 76.9 cm³/mol. The lowest BCUT2D eigenvalue weighted by atomic mass is 10.2. The largest absolute Gasteiger partial charge is 0.456 e. The second-order valence-corrected chi connectivity index (χ2v) is 5.99. The van der Waals surface area contributed by atoms with Crippen molar-refractivity contribution in [2.75, 3.05) is 5.73 Å². The highest BCUT2D eigenvalue weighted by molar-refractivity contribution is 7.86. The number of anilines is 1. The fourth-order valence-electron chi connectivity index (χ4n) is 1.62. The number of ether oxygens (including phenoxy) is 1. The molecule has 7 heteroatoms. The average Bonchev–Trinajstić information content (AvgIpc) is 2.35. The highest BCUT2D eigenvalue weighted by atomic mass is 35.5. The molecule has 0 aliphatic carbocycles. The van der Waals surface area contributed by atoms with Gasteiger partial charge in [0, 0.05) is 10.7 Å². The molecular weight excluding hydrogens is 302 g/mol. The van der Waals surface area contributed by atoms with E-state index < -0.39 is 10.1 Å². The van der Waals surface area contributed by atoms with Gasteiger partial charge in [0.25, 0.3) is 10.1 Å². The van der Waals surface area contributed by atoms with Crippen LogP contribution in [0.15, 0.2) is 41.3 Å². The molecule has 0 aromatic heterocycles. The topological polar surface area (TPSA) is 89.6 Å². The standard InChI is InChI=1S/C13H12ClNO4S/c1-8-6-10(3-4-11(8)14)19-12-5-2-9(15)7-13(12)20(16,17)18/h2-7H,15H2,1H3,(H,16,17,18). The van der Waals surface area contributed by atoms with E-state index in [0.29, 0.717) is 10.8 Å². The molecule has 0 amide bonds. The van der Waals surface area contributed by atoms with Crippen molar-refractivity contribution >= 4 is 27.4 Å². The van der Waals surface area contributed by atoms with Crippen LogP contribution in [0, 0.1) is 6.92 Å². The van der Waals surface area contributed by atoms with Crippen LogP contribution in [0.1, 0.15) is 5.56 Å². The summed E-state index contributed by atoms with van der Waals surface area (Å²) in [6.07, 6.45) is 0. The SMILES string of the molecule is Cc1cc(Oc2ccc(N)cc2S(=O)(=O)O)ccc1Cl. The van der Waals surface area contributed by atoms with Crippen molar-refractivity contribution in [1.82, 2.24) is 0 Å². The number of nitrogens with two attached hydrogens (primary N) is 1. The number of benzene rings is 2. The van der Waals surface area contributed by atoms with Crippen molar-refractivity contribution in [3.63, 3.8) is 0 Å². The summed E-state index contributed by atoms with van der Waals surface area (Å²) >= 11 is 5.90. The van der Waals surface area contributed by atoms with E-state index in [1.54, 1.807) is 25.1 Å². The van der Waals surface area contributed by atoms with Crippen LogP contribution in [-0.4, -0.2) is 13.0 Å². The van der Waals surface area contributed by atoms with E-state index in [4.69, 9.17) is 22.1 Å². The molecule has 0 aliphatic heterocycles. The van der Waals surface area contributed by atoms with Gasteiger partial charge in [-0.05, 0) is 48.9 Å². The predicted octanol–water partition coefficient (Wildman–Crippen LogP) is 3.27. The highest BCUT2D eigenvalue weighted by Gasteiger charge is 2.18. The third-order valence-corrected chi connectivity index (χ3v) is 3.90. The Morgan fingerprint density at radius 1 is 1.20 bits per heavy atom. The zero-order valence-electron chi connectivity index (χ0n) is 10.5. The molecule has 0 aliphatic rings.